The molecule has 1 aliphatic carbocycles. The molecule has 2 amide bonds. The van der Waals surface area contributed by atoms with Crippen molar-refractivity contribution in [1.29, 1.82) is 0 Å². The summed E-state index contributed by atoms with van der Waals surface area (Å²) in [6.45, 7) is 29.5. The summed E-state index contributed by atoms with van der Waals surface area (Å²) in [6.07, 6.45) is 22.7. The van der Waals surface area contributed by atoms with Crippen LogP contribution in [0.15, 0.2) is 43.2 Å². The number of thiazole rings is 2. The molecular weight excluding hydrogens is 903 g/mol. The molecule has 0 saturated carbocycles. The summed E-state index contributed by atoms with van der Waals surface area (Å²) in [5.74, 6) is 10.7. The predicted octanol–water partition coefficient (Wildman–Crippen LogP) is 13.2. The molecule has 0 fully saturated rings. The highest BCUT2D eigenvalue weighted by atomic mass is 32.1. The summed E-state index contributed by atoms with van der Waals surface area (Å²) in [4.78, 5) is 46.3. The van der Waals surface area contributed by atoms with Crippen molar-refractivity contribution < 1.29 is 19.1 Å². The number of amides is 2. The lowest BCUT2D eigenvalue weighted by atomic mass is 9.84. The maximum atomic E-state index is 11.0. The van der Waals surface area contributed by atoms with E-state index in [1.54, 1.807) is 17.5 Å². The minimum atomic E-state index is -0.0906. The molecule has 0 saturated heterocycles. The Kier molecular flexibility index (Phi) is 19.8. The number of aryl methyl sites for hydroxylation is 3. The molecule has 9 heterocycles. The topological polar surface area (TPSA) is 151 Å². The molecule has 5 aliphatic rings. The highest BCUT2D eigenvalue weighted by Crippen LogP contribution is 2.44. The molecule has 5 atom stereocenters. The number of anilines is 2. The highest BCUT2D eigenvalue weighted by molar-refractivity contribution is 7.16. The van der Waals surface area contributed by atoms with Gasteiger partial charge in [-0.25, -0.2) is 15.0 Å². The van der Waals surface area contributed by atoms with Crippen molar-refractivity contribution in [1.82, 2.24) is 34.1 Å². The van der Waals surface area contributed by atoms with Crippen LogP contribution >= 0.6 is 22.7 Å². The molecule has 13 nitrogen and oxygen atoms in total. The monoisotopic (exact) mass is 984 g/mol. The molecule has 10 rings (SSSR count). The highest BCUT2D eigenvalue weighted by Gasteiger charge is 2.30. The summed E-state index contributed by atoms with van der Waals surface area (Å²) in [5.41, 5.74) is 2.49. The summed E-state index contributed by atoms with van der Waals surface area (Å²) in [5, 5.41) is 6.91. The molecule has 0 unspecified atom stereocenters. The number of hydrogen-bond donors (Lipinski definition) is 2. The second-order valence-corrected chi connectivity index (χ2v) is 23.0. The van der Waals surface area contributed by atoms with E-state index in [4.69, 9.17) is 9.47 Å². The van der Waals surface area contributed by atoms with Gasteiger partial charge in [0.05, 0.1) is 23.8 Å². The van der Waals surface area contributed by atoms with Gasteiger partial charge in [-0.3, -0.25) is 14.6 Å². The third-order valence-corrected chi connectivity index (χ3v) is 16.3. The first-order valence-electron chi connectivity index (χ1n) is 25.8. The maximum Gasteiger partial charge on any atom is 0.229 e. The summed E-state index contributed by atoms with van der Waals surface area (Å²) in [7, 11) is 0. The molecule has 0 spiro atoms. The molecule has 15 heteroatoms. The molecule has 378 valence electrons. The first kappa shape index (κ1) is 53.7. The number of aromatic nitrogens is 7. The molecule has 5 aromatic heterocycles. The van der Waals surface area contributed by atoms with Crippen LogP contribution in [0.2, 0.25) is 0 Å². The van der Waals surface area contributed by atoms with E-state index in [1.807, 2.05) is 24.7 Å². The zero-order valence-electron chi connectivity index (χ0n) is 43.6. The van der Waals surface area contributed by atoms with Gasteiger partial charge >= 0.3 is 0 Å². The molecule has 2 N–H and O–H groups in total. The van der Waals surface area contributed by atoms with Gasteiger partial charge in [0, 0.05) is 92.3 Å². The van der Waals surface area contributed by atoms with Crippen LogP contribution in [0, 0.1) is 29.6 Å². The fourth-order valence-electron chi connectivity index (χ4n) is 10.3. The Balaban J connectivity index is 0.000000142. The van der Waals surface area contributed by atoms with Crippen molar-refractivity contribution in [2.24, 2.45) is 29.6 Å². The Morgan fingerprint density at radius 3 is 1.65 bits per heavy atom. The van der Waals surface area contributed by atoms with Gasteiger partial charge in [0.1, 0.15) is 17.4 Å². The molecule has 5 aromatic rings. The molecule has 0 bridgehead atoms. The minimum Gasteiger partial charge on any atom is -0.493 e. The van der Waals surface area contributed by atoms with E-state index in [2.05, 4.69) is 126 Å². The van der Waals surface area contributed by atoms with E-state index < -0.39 is 0 Å². The number of imidazole rings is 2. The van der Waals surface area contributed by atoms with Crippen molar-refractivity contribution in [3.63, 3.8) is 0 Å². The Bertz CT molecular complexity index is 2250. The van der Waals surface area contributed by atoms with E-state index in [9.17, 15) is 9.59 Å². The normalized spacial score (nSPS) is 20.9. The third-order valence-electron chi connectivity index (χ3n) is 14.1. The molecule has 0 radical (unpaired) electrons. The van der Waals surface area contributed by atoms with Crippen molar-refractivity contribution in [3.8, 4) is 11.6 Å². The van der Waals surface area contributed by atoms with Gasteiger partial charge in [-0.15, -0.1) is 11.3 Å². The number of pyridine rings is 1. The van der Waals surface area contributed by atoms with E-state index in [-0.39, 0.29) is 11.8 Å². The van der Waals surface area contributed by atoms with Gasteiger partial charge in [0.25, 0.3) is 0 Å². The van der Waals surface area contributed by atoms with Crippen LogP contribution in [0.1, 0.15) is 197 Å². The Morgan fingerprint density at radius 2 is 1.10 bits per heavy atom. The number of fused-ring (bicyclic) bond motifs is 5. The molecule has 69 heavy (non-hydrogen) atoms. The lowest BCUT2D eigenvalue weighted by molar-refractivity contribution is -0.115. The minimum absolute atomic E-state index is 0.0350. The van der Waals surface area contributed by atoms with Gasteiger partial charge in [-0.1, -0.05) is 80.6 Å². The molecule has 0 aromatic carbocycles. The average molecular weight is 984 g/mol. The first-order chi connectivity index (χ1) is 33.0. The van der Waals surface area contributed by atoms with Gasteiger partial charge < -0.3 is 29.2 Å². The predicted molar refractivity (Wildman–Crippen MR) is 281 cm³/mol. The average Bonchev–Trinajstić information content (AvgIpc) is 4.15. The number of nitrogens with zero attached hydrogens (tertiary/aromatic N) is 7. The zero-order chi connectivity index (χ0) is 49.8. The van der Waals surface area contributed by atoms with Crippen molar-refractivity contribution in [3.05, 3.63) is 75.9 Å². The van der Waals surface area contributed by atoms with Gasteiger partial charge in [-0.2, -0.15) is 4.98 Å². The zero-order valence-corrected chi connectivity index (χ0v) is 45.2. The third kappa shape index (κ3) is 14.5. The van der Waals surface area contributed by atoms with E-state index in [1.165, 1.54) is 109 Å². The van der Waals surface area contributed by atoms with Crippen LogP contribution in [-0.2, 0) is 29.1 Å². The fourth-order valence-corrected chi connectivity index (χ4v) is 12.9. The number of carbonyl (C=O) groups is 2. The first-order valence-corrected chi connectivity index (χ1v) is 27.4. The van der Waals surface area contributed by atoms with Gasteiger partial charge in [0.15, 0.2) is 10.3 Å². The fraction of sp³-hybridized carbons (Fsp3) is 0.648. The van der Waals surface area contributed by atoms with Crippen LogP contribution < -0.4 is 20.1 Å². The number of rotatable bonds is 7. The van der Waals surface area contributed by atoms with E-state index in [0.29, 0.717) is 58.4 Å². The van der Waals surface area contributed by atoms with E-state index in [0.717, 1.165) is 55.2 Å². The Hall–Kier alpha value is -4.63. The van der Waals surface area contributed by atoms with Crippen LogP contribution in [0.3, 0.4) is 0 Å². The summed E-state index contributed by atoms with van der Waals surface area (Å²) < 4.78 is 15.7. The number of ether oxygens (including phenoxy) is 2. The smallest absolute Gasteiger partial charge is 0.229 e. The molecular formula is C54H81N9O4S2. The van der Waals surface area contributed by atoms with Crippen molar-refractivity contribution in [2.45, 2.75) is 184 Å². The largest absolute Gasteiger partial charge is 0.493 e. The Morgan fingerprint density at radius 1 is 0.609 bits per heavy atom. The quantitative estimate of drug-likeness (QED) is 0.162. The maximum absolute atomic E-state index is 11.0. The SMILES string of the molecule is CC(=O)Nc1nc2c(s1)[C@@H](C(C)C)CCC2.CC(=O)Nc1nc2c(s1)[C@H](C(C)C)CCO2.CC(C)[C@@H]1CCCn2ccnc21.CC(C)[C@@H]1CCOc2ccncc21.CC(C)[C@H]1CCCn2ccnc21. The summed E-state index contributed by atoms with van der Waals surface area (Å²) >= 11 is 3.19. The van der Waals surface area contributed by atoms with Crippen molar-refractivity contribution >= 4 is 44.8 Å². The second-order valence-electron chi connectivity index (χ2n) is 21.0. The van der Waals surface area contributed by atoms with Crippen LogP contribution in [0.25, 0.3) is 0 Å². The Labute approximate surface area is 420 Å². The van der Waals surface area contributed by atoms with Gasteiger partial charge in [0.2, 0.25) is 17.7 Å². The standard InChI is InChI=1S/C12H18N2OS.C11H16N2O2S.C11H15NO.2C10H16N2/c1-7(2)9-5-4-6-10-11(9)16-12(14-10)13-8(3)15;1-6(2)8-4-5-15-10-9(8)16-11(13-10)12-7(3)14;1-8(2)9-4-6-13-11-3-5-12-7-10(9)11;2*1-8(2)9-4-3-6-12-7-5-11-10(9)12/h7,9H,4-6H2,1-3H3,(H,13,14,15);6,8H,4-5H2,1-3H3,(H,12,13,14);3,5,7-9H,4,6H2,1-2H3;2*5,7-9H,3-4,6H2,1-2H3/t9-;8-;3*9-/m10010/s1. The van der Waals surface area contributed by atoms with Crippen LogP contribution in [0.5, 0.6) is 11.6 Å². The van der Waals surface area contributed by atoms with Gasteiger partial charge in [-0.05, 0) is 105 Å². The number of carbonyl (C=O) groups excluding carboxylic acids is 2. The number of hydrogen-bond acceptors (Lipinski definition) is 11. The van der Waals surface area contributed by atoms with E-state index >= 15 is 0 Å². The van der Waals surface area contributed by atoms with Crippen LogP contribution in [0.4, 0.5) is 10.3 Å². The van der Waals surface area contributed by atoms with Crippen molar-refractivity contribution in [2.75, 3.05) is 23.8 Å². The van der Waals surface area contributed by atoms with Crippen LogP contribution in [-0.4, -0.2) is 59.1 Å². The molecule has 4 aliphatic heterocycles. The lowest BCUT2D eigenvalue weighted by Crippen LogP contribution is -2.19. The summed E-state index contributed by atoms with van der Waals surface area (Å²) in [6, 6.07) is 1.96. The second kappa shape index (κ2) is 25.5. The number of nitrogens with one attached hydrogen (secondary N) is 2. The lowest BCUT2D eigenvalue weighted by Gasteiger charge is -2.27.